The number of hydrogen-bond donors (Lipinski definition) is 2. The Hall–Kier alpha value is -3.67. The number of aromatic nitrogens is 3. The van der Waals surface area contributed by atoms with Crippen LogP contribution in [0.4, 0.5) is 10.2 Å². The van der Waals surface area contributed by atoms with E-state index in [1.54, 1.807) is 14.0 Å². The minimum atomic E-state index is -0.556. The van der Waals surface area contributed by atoms with Crippen LogP contribution < -0.4 is 10.9 Å². The largest absolute Gasteiger partial charge is 0.355 e. The zero-order chi connectivity index (χ0) is 18.0. The van der Waals surface area contributed by atoms with E-state index >= 15 is 0 Å². The average molecular weight is 340 g/mol. The molecule has 3 rings (SSSR count). The van der Waals surface area contributed by atoms with Gasteiger partial charge >= 0.3 is 0 Å². The topological polar surface area (TPSA) is 109 Å². The Kier molecular flexibility index (Phi) is 4.18. The van der Waals surface area contributed by atoms with Gasteiger partial charge in [0.2, 0.25) is 0 Å². The van der Waals surface area contributed by atoms with E-state index in [-0.39, 0.29) is 11.5 Å². The maximum absolute atomic E-state index is 12.9. The fraction of sp³-hybridized carbons (Fsp3) is 0.125. The summed E-state index contributed by atoms with van der Waals surface area (Å²) in [6.07, 6.45) is 0. The van der Waals surface area contributed by atoms with Crippen LogP contribution in [0, 0.1) is 24.1 Å². The first-order valence-corrected chi connectivity index (χ1v) is 7.22. The number of carbonyl (C=O) groups is 1. The van der Waals surface area contributed by atoms with Crippen LogP contribution in [-0.4, -0.2) is 20.8 Å². The number of nitrogens with zero attached hydrogens (tertiary/aromatic N) is 4. The van der Waals surface area contributed by atoms with Crippen molar-refractivity contribution in [2.24, 2.45) is 7.05 Å². The molecule has 0 aliphatic heterocycles. The second kappa shape index (κ2) is 6.45. The Morgan fingerprint density at radius 2 is 2.08 bits per heavy atom. The van der Waals surface area contributed by atoms with Crippen LogP contribution in [0.25, 0.3) is 11.3 Å². The van der Waals surface area contributed by atoms with Crippen molar-refractivity contribution < 1.29 is 13.7 Å². The third-order valence-corrected chi connectivity index (χ3v) is 3.50. The van der Waals surface area contributed by atoms with Crippen molar-refractivity contribution in [2.45, 2.75) is 6.92 Å². The molecule has 0 aliphatic carbocycles. The number of hydrazine groups is 1. The first-order valence-electron chi connectivity index (χ1n) is 7.22. The van der Waals surface area contributed by atoms with E-state index in [4.69, 9.17) is 9.78 Å². The van der Waals surface area contributed by atoms with Crippen LogP contribution in [0.3, 0.4) is 0 Å². The molecule has 1 aromatic carbocycles. The molecule has 0 aliphatic rings. The number of nitriles is 1. The van der Waals surface area contributed by atoms with Gasteiger partial charge in [0.05, 0.1) is 5.69 Å². The van der Waals surface area contributed by atoms with Gasteiger partial charge in [-0.2, -0.15) is 10.4 Å². The zero-order valence-electron chi connectivity index (χ0n) is 13.4. The molecule has 2 N–H and O–H groups in total. The molecule has 0 radical (unpaired) electrons. The first-order chi connectivity index (χ1) is 12.0. The monoisotopic (exact) mass is 340 g/mol. The highest BCUT2D eigenvalue weighted by molar-refractivity contribution is 5.93. The lowest BCUT2D eigenvalue weighted by atomic mass is 10.1. The molecule has 0 unspecified atom stereocenters. The van der Waals surface area contributed by atoms with E-state index in [0.717, 1.165) is 0 Å². The predicted octanol–water partition coefficient (Wildman–Crippen LogP) is 2.15. The van der Waals surface area contributed by atoms with E-state index in [2.05, 4.69) is 21.1 Å². The van der Waals surface area contributed by atoms with Gasteiger partial charge in [-0.1, -0.05) is 5.16 Å². The third kappa shape index (κ3) is 3.18. The van der Waals surface area contributed by atoms with Gasteiger partial charge in [-0.25, -0.2) is 4.39 Å². The van der Waals surface area contributed by atoms with Gasteiger partial charge in [-0.05, 0) is 31.2 Å². The molecule has 2 heterocycles. The molecule has 0 saturated carbocycles. The normalized spacial score (nSPS) is 10.3. The molecule has 0 bridgehead atoms. The number of aryl methyl sites for hydroxylation is 2. The van der Waals surface area contributed by atoms with E-state index in [1.165, 1.54) is 35.0 Å². The summed E-state index contributed by atoms with van der Waals surface area (Å²) in [5.41, 5.74) is 6.59. The Balaban J connectivity index is 1.73. The Bertz CT molecular complexity index is 968. The molecular formula is C16H13FN6O2. The second-order valence-corrected chi connectivity index (χ2v) is 5.21. The molecule has 0 saturated heterocycles. The van der Waals surface area contributed by atoms with Gasteiger partial charge in [0.15, 0.2) is 17.3 Å². The van der Waals surface area contributed by atoms with Crippen molar-refractivity contribution in [3.63, 3.8) is 0 Å². The number of carbonyl (C=O) groups excluding carboxylic acids is 1. The number of halogens is 1. The van der Waals surface area contributed by atoms with Crippen LogP contribution in [0.15, 0.2) is 34.9 Å². The summed E-state index contributed by atoms with van der Waals surface area (Å²) in [4.78, 5) is 12.2. The molecule has 9 heteroatoms. The molecule has 8 nitrogen and oxygen atoms in total. The SMILES string of the molecule is Cc1nn(C)c(NNC(=O)c2cc(-c3ccc(F)cc3)on2)c1C#N. The average Bonchev–Trinajstić information content (AvgIpc) is 3.18. The van der Waals surface area contributed by atoms with Crippen LogP contribution >= 0.6 is 0 Å². The van der Waals surface area contributed by atoms with Gasteiger partial charge in [-0.15, -0.1) is 0 Å². The molecule has 0 spiro atoms. The van der Waals surface area contributed by atoms with Crippen LogP contribution in [0.5, 0.6) is 0 Å². The number of nitrogens with one attached hydrogen (secondary N) is 2. The minimum Gasteiger partial charge on any atom is -0.355 e. The molecule has 1 amide bonds. The number of benzene rings is 1. The number of amides is 1. The minimum absolute atomic E-state index is 0.0317. The lowest BCUT2D eigenvalue weighted by Gasteiger charge is -2.07. The highest BCUT2D eigenvalue weighted by atomic mass is 19.1. The fourth-order valence-corrected chi connectivity index (χ4v) is 2.25. The maximum atomic E-state index is 12.9. The quantitative estimate of drug-likeness (QED) is 0.705. The standard InChI is InChI=1S/C16H13FN6O2/c1-9-12(8-18)15(23(2)21-9)19-20-16(24)13-7-14(25-22-13)10-3-5-11(17)6-4-10/h3-7,19H,1-2H3,(H,20,24). The summed E-state index contributed by atoms with van der Waals surface area (Å²) >= 11 is 0. The summed E-state index contributed by atoms with van der Waals surface area (Å²) in [7, 11) is 1.64. The zero-order valence-corrected chi connectivity index (χ0v) is 13.4. The Morgan fingerprint density at radius 1 is 1.36 bits per heavy atom. The molecule has 25 heavy (non-hydrogen) atoms. The Morgan fingerprint density at radius 3 is 2.76 bits per heavy atom. The maximum Gasteiger partial charge on any atom is 0.291 e. The molecule has 0 fully saturated rings. The first kappa shape index (κ1) is 16.2. The summed E-state index contributed by atoms with van der Waals surface area (Å²) < 4.78 is 19.5. The molecular weight excluding hydrogens is 327 g/mol. The van der Waals surface area contributed by atoms with Crippen molar-refractivity contribution in [2.75, 3.05) is 5.43 Å². The highest BCUT2D eigenvalue weighted by Crippen LogP contribution is 2.21. The van der Waals surface area contributed by atoms with E-state index in [9.17, 15) is 9.18 Å². The van der Waals surface area contributed by atoms with E-state index in [1.807, 2.05) is 6.07 Å². The van der Waals surface area contributed by atoms with Crippen LogP contribution in [0.2, 0.25) is 0 Å². The smallest absolute Gasteiger partial charge is 0.291 e. The van der Waals surface area contributed by atoms with E-state index < -0.39 is 5.91 Å². The van der Waals surface area contributed by atoms with Gasteiger partial charge in [0.25, 0.3) is 5.91 Å². The lowest BCUT2D eigenvalue weighted by molar-refractivity contribution is 0.0953. The highest BCUT2D eigenvalue weighted by Gasteiger charge is 2.16. The Labute approximate surface area is 141 Å². The van der Waals surface area contributed by atoms with E-state index in [0.29, 0.717) is 28.4 Å². The number of rotatable bonds is 4. The molecule has 0 atom stereocenters. The summed E-state index contributed by atoms with van der Waals surface area (Å²) in [5, 5.41) is 16.9. The molecule has 3 aromatic rings. The van der Waals surface area contributed by atoms with Crippen molar-refractivity contribution in [1.82, 2.24) is 20.4 Å². The van der Waals surface area contributed by atoms with Gasteiger partial charge in [0.1, 0.15) is 17.4 Å². The van der Waals surface area contributed by atoms with Crippen molar-refractivity contribution in [3.05, 3.63) is 53.1 Å². The predicted molar refractivity (Wildman–Crippen MR) is 85.6 cm³/mol. The summed E-state index contributed by atoms with van der Waals surface area (Å²) in [6.45, 7) is 1.69. The third-order valence-electron chi connectivity index (χ3n) is 3.50. The van der Waals surface area contributed by atoms with Gasteiger partial charge in [0, 0.05) is 18.7 Å². The fourth-order valence-electron chi connectivity index (χ4n) is 2.25. The summed E-state index contributed by atoms with van der Waals surface area (Å²) in [6, 6.07) is 9.06. The molecule has 2 aromatic heterocycles. The van der Waals surface area contributed by atoms with Gasteiger partial charge in [-0.3, -0.25) is 20.3 Å². The lowest BCUT2D eigenvalue weighted by Crippen LogP contribution is -2.31. The summed E-state index contributed by atoms with van der Waals surface area (Å²) in [5.74, 6) is -0.236. The number of anilines is 1. The number of hydrogen-bond acceptors (Lipinski definition) is 6. The van der Waals surface area contributed by atoms with Crippen LogP contribution in [-0.2, 0) is 7.05 Å². The molecule has 126 valence electrons. The van der Waals surface area contributed by atoms with Crippen molar-refractivity contribution >= 4 is 11.7 Å². The van der Waals surface area contributed by atoms with Crippen molar-refractivity contribution in [3.8, 4) is 17.4 Å². The van der Waals surface area contributed by atoms with Crippen molar-refractivity contribution in [1.29, 1.82) is 5.26 Å². The second-order valence-electron chi connectivity index (χ2n) is 5.21. The van der Waals surface area contributed by atoms with Crippen LogP contribution in [0.1, 0.15) is 21.7 Å². The van der Waals surface area contributed by atoms with Gasteiger partial charge < -0.3 is 4.52 Å².